The van der Waals surface area contributed by atoms with Crippen molar-refractivity contribution in [2.45, 2.75) is 102 Å². The molecule has 45 heavy (non-hydrogen) atoms. The molecule has 3 heterocycles. The third-order valence-electron chi connectivity index (χ3n) is 7.18. The van der Waals surface area contributed by atoms with Crippen LogP contribution in [0.15, 0.2) is 21.9 Å². The fourth-order valence-electron chi connectivity index (χ4n) is 5.38. The standard InChI is InChI=1S/C26H38ClN2O15P/c1-16(2)40-22(32)35-14-38-45(34,39-15-36-23(33)41-17(3)4)37-13-25(12-27)19-24(5,44-26(42-19)9-6-7-10-26)20(43-25)29-11-8-18(30)28-21(29)31/h8,11,16-17,19-20H,6-7,9-10,12-15H2,1-5H3,(H,28,30,31)/t19-,20+,24+,25+/m0/s1. The first-order valence-electron chi connectivity index (χ1n) is 14.3. The Labute approximate surface area is 263 Å². The van der Waals surface area contributed by atoms with Crippen LogP contribution in [0.5, 0.6) is 0 Å². The lowest BCUT2D eigenvalue weighted by Crippen LogP contribution is -2.51. The van der Waals surface area contributed by atoms with Crippen LogP contribution in [-0.4, -0.2) is 83.2 Å². The average molecular weight is 685 g/mol. The molecule has 4 atom stereocenters. The van der Waals surface area contributed by atoms with Crippen molar-refractivity contribution in [3.63, 3.8) is 0 Å². The molecule has 0 aromatic carbocycles. The Morgan fingerprint density at radius 2 is 1.60 bits per heavy atom. The van der Waals surface area contributed by atoms with E-state index in [2.05, 4.69) is 4.98 Å². The van der Waals surface area contributed by atoms with Gasteiger partial charge in [-0.05, 0) is 47.5 Å². The van der Waals surface area contributed by atoms with Gasteiger partial charge in [-0.2, -0.15) is 0 Å². The Morgan fingerprint density at radius 1 is 1.02 bits per heavy atom. The van der Waals surface area contributed by atoms with Crippen molar-refractivity contribution in [2.24, 2.45) is 0 Å². The van der Waals surface area contributed by atoms with Crippen LogP contribution in [0.3, 0.4) is 0 Å². The van der Waals surface area contributed by atoms with E-state index in [4.69, 9.17) is 58.3 Å². The van der Waals surface area contributed by atoms with E-state index in [1.165, 1.54) is 6.20 Å². The number of phosphoric acid groups is 1. The zero-order valence-electron chi connectivity index (χ0n) is 25.5. The van der Waals surface area contributed by atoms with E-state index >= 15 is 0 Å². The van der Waals surface area contributed by atoms with Gasteiger partial charge in [0.25, 0.3) is 5.56 Å². The first kappa shape index (κ1) is 35.4. The van der Waals surface area contributed by atoms with E-state index in [0.29, 0.717) is 12.8 Å². The van der Waals surface area contributed by atoms with Crippen molar-refractivity contribution in [3.05, 3.63) is 33.1 Å². The summed E-state index contributed by atoms with van der Waals surface area (Å²) in [6.07, 6.45) is -1.40. The lowest BCUT2D eigenvalue weighted by atomic mass is 9.89. The SMILES string of the molecule is CC(C)OC(=O)OCOP(=O)(OCOC(=O)OC(C)C)OC[C@@]1(CCl)O[C@@H](n2ccc(=O)[nH]c2=O)[C@]2(C)OC3(CCCC3)O[C@H]12. The number of nitrogens with zero attached hydrogens (tertiary/aromatic N) is 1. The van der Waals surface area contributed by atoms with E-state index < -0.39 is 93.1 Å². The first-order chi connectivity index (χ1) is 21.1. The molecule has 0 radical (unpaired) electrons. The molecule has 1 N–H and O–H groups in total. The van der Waals surface area contributed by atoms with Gasteiger partial charge in [0.15, 0.2) is 12.0 Å². The Kier molecular flexibility index (Phi) is 11.1. The summed E-state index contributed by atoms with van der Waals surface area (Å²) in [4.78, 5) is 50.4. The van der Waals surface area contributed by atoms with E-state index in [1.807, 2.05) is 0 Å². The zero-order valence-corrected chi connectivity index (χ0v) is 27.2. The fraction of sp³-hybridized carbons (Fsp3) is 0.769. The molecule has 19 heteroatoms. The normalized spacial score (nSPS) is 27.2. The maximum atomic E-state index is 13.7. The van der Waals surface area contributed by atoms with Gasteiger partial charge < -0.3 is 33.2 Å². The van der Waals surface area contributed by atoms with Crippen LogP contribution in [0.1, 0.15) is 66.5 Å². The molecule has 4 rings (SSSR count). The molecule has 1 saturated carbocycles. The second-order valence-electron chi connectivity index (χ2n) is 11.4. The highest BCUT2D eigenvalue weighted by Crippen LogP contribution is 2.60. The number of aromatic amines is 1. The molecule has 17 nitrogen and oxygen atoms in total. The van der Waals surface area contributed by atoms with E-state index in [1.54, 1.807) is 34.6 Å². The molecule has 3 fully saturated rings. The minimum atomic E-state index is -4.72. The molecule has 3 aliphatic rings. The van der Waals surface area contributed by atoms with E-state index in [-0.39, 0.29) is 5.88 Å². The summed E-state index contributed by atoms with van der Waals surface area (Å²) in [7, 11) is -4.72. The van der Waals surface area contributed by atoms with Crippen LogP contribution in [0.2, 0.25) is 0 Å². The number of hydrogen-bond acceptors (Lipinski definition) is 15. The highest BCUT2D eigenvalue weighted by atomic mass is 35.5. The first-order valence-corrected chi connectivity index (χ1v) is 16.3. The Morgan fingerprint density at radius 3 is 2.11 bits per heavy atom. The van der Waals surface area contributed by atoms with Crippen LogP contribution in [-0.2, 0) is 51.3 Å². The molecule has 1 aromatic rings. The molecular formula is C26H38ClN2O15P. The van der Waals surface area contributed by atoms with Crippen molar-refractivity contribution in [1.29, 1.82) is 0 Å². The van der Waals surface area contributed by atoms with Crippen LogP contribution < -0.4 is 11.2 Å². The molecule has 0 bridgehead atoms. The smallest absolute Gasteiger partial charge is 0.432 e. The summed E-state index contributed by atoms with van der Waals surface area (Å²) in [5, 5.41) is 0. The predicted octanol–water partition coefficient (Wildman–Crippen LogP) is 3.68. The number of aromatic nitrogens is 2. The molecule has 2 aliphatic heterocycles. The van der Waals surface area contributed by atoms with Gasteiger partial charge in [-0.15, -0.1) is 11.6 Å². The van der Waals surface area contributed by atoms with Crippen molar-refractivity contribution in [1.82, 2.24) is 9.55 Å². The quantitative estimate of drug-likeness (QED) is 0.136. The molecule has 2 saturated heterocycles. The van der Waals surface area contributed by atoms with Gasteiger partial charge in [0.05, 0.1) is 24.7 Å². The van der Waals surface area contributed by atoms with E-state index in [0.717, 1.165) is 23.5 Å². The number of ether oxygens (including phenoxy) is 7. The third kappa shape index (κ3) is 8.08. The second-order valence-corrected chi connectivity index (χ2v) is 13.4. The number of alkyl halides is 1. The average Bonchev–Trinajstić information content (AvgIpc) is 3.58. The zero-order chi connectivity index (χ0) is 33.0. The van der Waals surface area contributed by atoms with Gasteiger partial charge >= 0.3 is 25.8 Å². The van der Waals surface area contributed by atoms with Crippen LogP contribution >= 0.6 is 19.4 Å². The Hall–Kier alpha value is -2.50. The van der Waals surface area contributed by atoms with Crippen LogP contribution in [0, 0.1) is 0 Å². The summed E-state index contributed by atoms with van der Waals surface area (Å²) in [6, 6.07) is 1.14. The Bertz CT molecular complexity index is 1350. The summed E-state index contributed by atoms with van der Waals surface area (Å²) in [6.45, 7) is 5.53. The summed E-state index contributed by atoms with van der Waals surface area (Å²) < 4.78 is 69.4. The maximum Gasteiger partial charge on any atom is 0.510 e. The predicted molar refractivity (Wildman–Crippen MR) is 151 cm³/mol. The number of fused-ring (bicyclic) bond motifs is 1. The van der Waals surface area contributed by atoms with Crippen molar-refractivity contribution in [2.75, 3.05) is 26.1 Å². The van der Waals surface area contributed by atoms with E-state index in [9.17, 15) is 23.7 Å². The molecule has 0 unspecified atom stereocenters. The maximum absolute atomic E-state index is 13.7. The molecule has 1 aliphatic carbocycles. The molecule has 0 amide bonds. The van der Waals surface area contributed by atoms with Crippen molar-refractivity contribution < 1.29 is 60.9 Å². The third-order valence-corrected chi connectivity index (χ3v) is 8.92. The lowest BCUT2D eigenvalue weighted by molar-refractivity contribution is -0.247. The van der Waals surface area contributed by atoms with Crippen molar-refractivity contribution in [3.8, 4) is 0 Å². The molecule has 254 valence electrons. The number of phosphoric ester groups is 1. The molecular weight excluding hydrogens is 647 g/mol. The molecule has 1 aromatic heterocycles. The summed E-state index contributed by atoms with van der Waals surface area (Å²) >= 11 is 6.49. The number of halogens is 1. The Balaban J connectivity index is 1.58. The fourth-order valence-corrected chi connectivity index (χ4v) is 6.62. The number of rotatable bonds is 13. The summed E-state index contributed by atoms with van der Waals surface area (Å²) in [5.41, 5.74) is -4.38. The van der Waals surface area contributed by atoms with Gasteiger partial charge in [0.1, 0.15) is 17.3 Å². The van der Waals surface area contributed by atoms with Crippen LogP contribution in [0.25, 0.3) is 0 Å². The minimum Gasteiger partial charge on any atom is -0.432 e. The topological polar surface area (TPSA) is 198 Å². The van der Waals surface area contributed by atoms with Crippen LogP contribution in [0.4, 0.5) is 9.59 Å². The monoisotopic (exact) mass is 684 g/mol. The largest absolute Gasteiger partial charge is 0.510 e. The summed E-state index contributed by atoms with van der Waals surface area (Å²) in [5.74, 6) is -1.33. The highest BCUT2D eigenvalue weighted by molar-refractivity contribution is 7.48. The second kappa shape index (κ2) is 14.1. The number of carbonyl (C=O) groups is 2. The van der Waals surface area contributed by atoms with Crippen molar-refractivity contribution >= 4 is 31.7 Å². The number of carbonyl (C=O) groups excluding carboxylic acids is 2. The van der Waals surface area contributed by atoms with Gasteiger partial charge in [0, 0.05) is 25.1 Å². The lowest BCUT2D eigenvalue weighted by Gasteiger charge is -2.34. The number of nitrogens with one attached hydrogen (secondary N) is 1. The van der Waals surface area contributed by atoms with Gasteiger partial charge in [-0.1, -0.05) is 0 Å². The highest BCUT2D eigenvalue weighted by Gasteiger charge is 2.72. The number of hydrogen-bond donors (Lipinski definition) is 1. The molecule has 1 spiro atoms. The minimum absolute atomic E-state index is 0.324. The van der Waals surface area contributed by atoms with Gasteiger partial charge in [-0.3, -0.25) is 18.9 Å². The van der Waals surface area contributed by atoms with Gasteiger partial charge in [0.2, 0.25) is 13.6 Å². The van der Waals surface area contributed by atoms with Gasteiger partial charge in [-0.25, -0.2) is 28.0 Å². The number of H-pyrrole nitrogens is 1.